The highest BCUT2D eigenvalue weighted by Gasteiger charge is 2.02. The number of benzene rings is 1. The molecule has 0 amide bonds. The molecule has 2 heterocycles. The molecule has 90 valence electrons. The summed E-state index contributed by atoms with van der Waals surface area (Å²) < 4.78 is 1.17. The molecule has 0 atom stereocenters. The fourth-order valence-electron chi connectivity index (χ4n) is 1.88. The van der Waals surface area contributed by atoms with Gasteiger partial charge in [0.1, 0.15) is 0 Å². The van der Waals surface area contributed by atoms with Crippen LogP contribution in [0.2, 0.25) is 0 Å². The lowest BCUT2D eigenvalue weighted by Crippen LogP contribution is -1.98. The van der Waals surface area contributed by atoms with Gasteiger partial charge in [-0.05, 0) is 40.2 Å². The quantitative estimate of drug-likeness (QED) is 0.759. The Labute approximate surface area is 118 Å². The van der Waals surface area contributed by atoms with Crippen molar-refractivity contribution < 1.29 is 0 Å². The number of nitrogens with one attached hydrogen (secondary N) is 1. The number of pyridine rings is 1. The predicted octanol–water partition coefficient (Wildman–Crippen LogP) is 4.67. The van der Waals surface area contributed by atoms with Crippen LogP contribution in [-0.2, 0) is 6.54 Å². The molecule has 0 fully saturated rings. The fourth-order valence-corrected chi connectivity index (χ4v) is 3.30. The van der Waals surface area contributed by atoms with Crippen LogP contribution in [0.4, 0.5) is 5.69 Å². The van der Waals surface area contributed by atoms with Crippen molar-refractivity contribution in [2.45, 2.75) is 6.54 Å². The van der Waals surface area contributed by atoms with Gasteiger partial charge >= 0.3 is 0 Å². The Kier molecular flexibility index (Phi) is 3.30. The minimum atomic E-state index is 0.838. The molecule has 4 heteroatoms. The third-order valence-electron chi connectivity index (χ3n) is 2.73. The molecular weight excluding hydrogens is 308 g/mol. The molecule has 1 aromatic carbocycles. The zero-order valence-electron chi connectivity index (χ0n) is 9.56. The van der Waals surface area contributed by atoms with E-state index in [0.717, 1.165) is 23.1 Å². The van der Waals surface area contributed by atoms with Crippen molar-refractivity contribution in [2.75, 3.05) is 5.32 Å². The van der Waals surface area contributed by atoms with Gasteiger partial charge in [-0.25, -0.2) is 0 Å². The van der Waals surface area contributed by atoms with Crippen LogP contribution in [0.5, 0.6) is 0 Å². The number of para-hydroxylation sites is 1. The zero-order valence-corrected chi connectivity index (χ0v) is 12.0. The molecule has 0 aliphatic carbocycles. The van der Waals surface area contributed by atoms with Crippen LogP contribution in [0.15, 0.2) is 52.4 Å². The number of aromatic nitrogens is 1. The van der Waals surface area contributed by atoms with Gasteiger partial charge < -0.3 is 5.32 Å². The second-order valence-electron chi connectivity index (χ2n) is 3.94. The maximum absolute atomic E-state index is 4.36. The van der Waals surface area contributed by atoms with E-state index in [4.69, 9.17) is 0 Å². The summed E-state index contributed by atoms with van der Waals surface area (Å²) in [5, 5.41) is 4.63. The van der Waals surface area contributed by atoms with Crippen molar-refractivity contribution in [3.63, 3.8) is 0 Å². The van der Waals surface area contributed by atoms with Gasteiger partial charge in [0.25, 0.3) is 0 Å². The molecule has 0 aliphatic heterocycles. The number of anilines is 1. The first-order valence-electron chi connectivity index (χ1n) is 5.65. The first-order valence-corrected chi connectivity index (χ1v) is 7.26. The van der Waals surface area contributed by atoms with Crippen molar-refractivity contribution in [3.8, 4) is 0 Å². The van der Waals surface area contributed by atoms with Gasteiger partial charge in [0, 0.05) is 28.7 Å². The molecule has 2 nitrogen and oxygen atoms in total. The van der Waals surface area contributed by atoms with Crippen molar-refractivity contribution in [2.24, 2.45) is 0 Å². The molecule has 0 bridgehead atoms. The summed E-state index contributed by atoms with van der Waals surface area (Å²) in [5.41, 5.74) is 2.15. The number of halogens is 1. The number of hydrogen-bond donors (Lipinski definition) is 1. The molecule has 0 saturated heterocycles. The minimum Gasteiger partial charge on any atom is -0.380 e. The Morgan fingerprint density at radius 3 is 2.83 bits per heavy atom. The molecule has 3 aromatic rings. The van der Waals surface area contributed by atoms with Gasteiger partial charge in [-0.15, -0.1) is 11.3 Å². The summed E-state index contributed by atoms with van der Waals surface area (Å²) in [6.07, 6.45) is 1.84. The second kappa shape index (κ2) is 5.08. The second-order valence-corrected chi connectivity index (χ2v) is 6.48. The van der Waals surface area contributed by atoms with Crippen LogP contribution in [-0.4, -0.2) is 4.98 Å². The van der Waals surface area contributed by atoms with Crippen molar-refractivity contribution in [1.82, 2.24) is 4.98 Å². The minimum absolute atomic E-state index is 0.838. The van der Waals surface area contributed by atoms with E-state index in [-0.39, 0.29) is 0 Å². The lowest BCUT2D eigenvalue weighted by Gasteiger charge is -2.07. The molecule has 0 spiro atoms. The third kappa shape index (κ3) is 2.40. The van der Waals surface area contributed by atoms with Crippen LogP contribution in [0.25, 0.3) is 10.9 Å². The normalized spacial score (nSPS) is 10.7. The van der Waals surface area contributed by atoms with Crippen molar-refractivity contribution in [1.29, 1.82) is 0 Å². The topological polar surface area (TPSA) is 24.9 Å². The molecule has 3 rings (SSSR count). The Hall–Kier alpha value is -1.39. The Balaban J connectivity index is 1.86. The highest BCUT2D eigenvalue weighted by Crippen LogP contribution is 2.25. The van der Waals surface area contributed by atoms with Crippen LogP contribution in [0.3, 0.4) is 0 Å². The van der Waals surface area contributed by atoms with E-state index in [9.17, 15) is 0 Å². The highest BCUT2D eigenvalue weighted by molar-refractivity contribution is 9.11. The smallest absolute Gasteiger partial charge is 0.0722 e. The van der Waals surface area contributed by atoms with E-state index in [1.807, 2.05) is 30.5 Å². The van der Waals surface area contributed by atoms with E-state index >= 15 is 0 Å². The van der Waals surface area contributed by atoms with Crippen LogP contribution in [0.1, 0.15) is 4.88 Å². The monoisotopic (exact) mass is 318 g/mol. The highest BCUT2D eigenvalue weighted by atomic mass is 79.9. The van der Waals surface area contributed by atoms with Crippen LogP contribution >= 0.6 is 27.3 Å². The Morgan fingerprint density at radius 2 is 2.00 bits per heavy atom. The largest absolute Gasteiger partial charge is 0.380 e. The number of rotatable bonds is 3. The first kappa shape index (κ1) is 11.7. The standard InChI is InChI=1S/C14H11BrN2S/c15-14-6-5-10(18-14)9-17-13-7-8-16-12-4-2-1-3-11(12)13/h1-8H,9H2,(H,16,17). The molecule has 0 saturated carbocycles. The van der Waals surface area contributed by atoms with Gasteiger partial charge in [-0.1, -0.05) is 18.2 Å². The van der Waals surface area contributed by atoms with E-state index in [1.165, 1.54) is 8.66 Å². The summed E-state index contributed by atoms with van der Waals surface area (Å²) in [6.45, 7) is 0.838. The van der Waals surface area contributed by atoms with Gasteiger partial charge in [-0.2, -0.15) is 0 Å². The van der Waals surface area contributed by atoms with Crippen LogP contribution in [0, 0.1) is 0 Å². The molecule has 0 unspecified atom stereocenters. The molecule has 18 heavy (non-hydrogen) atoms. The molecule has 0 aliphatic rings. The number of fused-ring (bicyclic) bond motifs is 1. The lowest BCUT2D eigenvalue weighted by molar-refractivity contribution is 1.19. The number of thiophene rings is 1. The van der Waals surface area contributed by atoms with Crippen molar-refractivity contribution in [3.05, 3.63) is 57.3 Å². The SMILES string of the molecule is Brc1ccc(CNc2ccnc3ccccc23)s1. The Morgan fingerprint density at radius 1 is 1.11 bits per heavy atom. The van der Waals surface area contributed by atoms with Gasteiger partial charge in [0.15, 0.2) is 0 Å². The summed E-state index contributed by atoms with van der Waals surface area (Å²) >= 11 is 5.23. The van der Waals surface area contributed by atoms with Gasteiger partial charge in [0.2, 0.25) is 0 Å². The summed E-state index contributed by atoms with van der Waals surface area (Å²) in [5.74, 6) is 0. The van der Waals surface area contributed by atoms with E-state index in [2.05, 4.69) is 44.4 Å². The van der Waals surface area contributed by atoms with E-state index in [1.54, 1.807) is 11.3 Å². The van der Waals surface area contributed by atoms with E-state index in [0.29, 0.717) is 0 Å². The summed E-state index contributed by atoms with van der Waals surface area (Å²) in [4.78, 5) is 5.66. The summed E-state index contributed by atoms with van der Waals surface area (Å²) in [7, 11) is 0. The van der Waals surface area contributed by atoms with Crippen molar-refractivity contribution >= 4 is 43.9 Å². The van der Waals surface area contributed by atoms with Gasteiger partial charge in [-0.3, -0.25) is 4.98 Å². The summed E-state index contributed by atoms with van der Waals surface area (Å²) in [6, 6.07) is 14.4. The van der Waals surface area contributed by atoms with Gasteiger partial charge in [0.05, 0.1) is 9.30 Å². The number of hydrogen-bond acceptors (Lipinski definition) is 3. The Bertz CT molecular complexity index is 673. The predicted molar refractivity (Wildman–Crippen MR) is 81.1 cm³/mol. The maximum atomic E-state index is 4.36. The van der Waals surface area contributed by atoms with E-state index < -0.39 is 0 Å². The maximum Gasteiger partial charge on any atom is 0.0722 e. The van der Waals surface area contributed by atoms with Crippen LogP contribution < -0.4 is 5.32 Å². The lowest BCUT2D eigenvalue weighted by atomic mass is 10.2. The average molecular weight is 319 g/mol. The fraction of sp³-hybridized carbons (Fsp3) is 0.0714. The number of nitrogens with zero attached hydrogens (tertiary/aromatic N) is 1. The molecular formula is C14H11BrN2S. The zero-order chi connectivity index (χ0) is 12.4. The first-order chi connectivity index (χ1) is 8.83. The molecule has 1 N–H and O–H groups in total. The third-order valence-corrected chi connectivity index (χ3v) is 4.35. The average Bonchev–Trinajstić information content (AvgIpc) is 2.82. The molecule has 0 radical (unpaired) electrons. The molecule has 2 aromatic heterocycles.